The van der Waals surface area contributed by atoms with Gasteiger partial charge in [-0.1, -0.05) is 0 Å². The summed E-state index contributed by atoms with van der Waals surface area (Å²) in [7, 11) is 1.61. The van der Waals surface area contributed by atoms with E-state index in [0.717, 1.165) is 5.75 Å². The summed E-state index contributed by atoms with van der Waals surface area (Å²) in [6.07, 6.45) is -0.0636. The minimum Gasteiger partial charge on any atom is -0.497 e. The van der Waals surface area contributed by atoms with Crippen LogP contribution in [0, 0.1) is 0 Å². The Balaban J connectivity index is 1.78. The van der Waals surface area contributed by atoms with E-state index in [1.54, 1.807) is 24.1 Å². The second-order valence-corrected chi connectivity index (χ2v) is 4.52. The first kappa shape index (κ1) is 14.5. The number of benzene rings is 1. The van der Waals surface area contributed by atoms with Crippen LogP contribution in [0.5, 0.6) is 11.5 Å². The fourth-order valence-electron chi connectivity index (χ4n) is 1.97. The summed E-state index contributed by atoms with van der Waals surface area (Å²) in [5.74, 6) is 1.47. The fourth-order valence-corrected chi connectivity index (χ4v) is 1.97. The summed E-state index contributed by atoms with van der Waals surface area (Å²) in [4.78, 5) is 13.1. The van der Waals surface area contributed by atoms with E-state index in [2.05, 4.69) is 0 Å². The number of aliphatic hydroxyl groups excluding tert-OH is 1. The van der Waals surface area contributed by atoms with Gasteiger partial charge in [-0.25, -0.2) is 4.79 Å². The number of amides is 1. The molecule has 20 heavy (non-hydrogen) atoms. The number of cyclic esters (lactones) is 1. The largest absolute Gasteiger partial charge is 0.497 e. The van der Waals surface area contributed by atoms with Crippen molar-refractivity contribution in [3.63, 3.8) is 0 Å². The average Bonchev–Trinajstić information content (AvgIpc) is 2.84. The topological polar surface area (TPSA) is 68.2 Å². The molecule has 1 aliphatic rings. The van der Waals surface area contributed by atoms with E-state index in [0.29, 0.717) is 31.9 Å². The van der Waals surface area contributed by atoms with Crippen molar-refractivity contribution in [3.8, 4) is 11.5 Å². The van der Waals surface area contributed by atoms with E-state index >= 15 is 0 Å². The van der Waals surface area contributed by atoms with Crippen molar-refractivity contribution in [2.24, 2.45) is 0 Å². The van der Waals surface area contributed by atoms with Crippen LogP contribution in [0.15, 0.2) is 24.3 Å². The molecule has 1 atom stereocenters. The van der Waals surface area contributed by atoms with Gasteiger partial charge in [0.2, 0.25) is 0 Å². The standard InChI is InChI=1S/C14H19NO5/c1-18-11-3-5-12(6-4-11)19-10-13-9-15(7-2-8-16)14(17)20-13/h3-6,13,16H,2,7-10H2,1H3. The molecule has 1 aromatic carbocycles. The molecule has 1 saturated heterocycles. The number of hydrogen-bond acceptors (Lipinski definition) is 5. The second-order valence-electron chi connectivity index (χ2n) is 4.52. The third-order valence-electron chi connectivity index (χ3n) is 3.03. The number of hydrogen-bond donors (Lipinski definition) is 1. The molecule has 1 amide bonds. The van der Waals surface area contributed by atoms with Gasteiger partial charge in [-0.15, -0.1) is 0 Å². The predicted octanol–water partition coefficient (Wildman–Crippen LogP) is 1.28. The Hall–Kier alpha value is -1.95. The number of carbonyl (C=O) groups excluding carboxylic acids is 1. The minimum absolute atomic E-state index is 0.0663. The van der Waals surface area contributed by atoms with Gasteiger partial charge in [-0.3, -0.25) is 0 Å². The van der Waals surface area contributed by atoms with Crippen LogP contribution in [0.2, 0.25) is 0 Å². The summed E-state index contributed by atoms with van der Waals surface area (Å²) in [6.45, 7) is 1.38. The number of rotatable bonds is 7. The van der Waals surface area contributed by atoms with Crippen molar-refractivity contribution in [1.82, 2.24) is 4.90 Å². The number of methoxy groups -OCH3 is 1. The molecular formula is C14H19NO5. The van der Waals surface area contributed by atoms with Crippen molar-refractivity contribution in [3.05, 3.63) is 24.3 Å². The molecule has 6 heteroatoms. The quantitative estimate of drug-likeness (QED) is 0.815. The molecule has 2 rings (SSSR count). The highest BCUT2D eigenvalue weighted by Crippen LogP contribution is 2.18. The van der Waals surface area contributed by atoms with Crippen molar-refractivity contribution in [1.29, 1.82) is 0 Å². The van der Waals surface area contributed by atoms with Gasteiger partial charge in [-0.2, -0.15) is 0 Å². The summed E-state index contributed by atoms with van der Waals surface area (Å²) in [6, 6.07) is 7.23. The van der Waals surface area contributed by atoms with Gasteiger partial charge in [0.25, 0.3) is 0 Å². The molecule has 0 bridgehead atoms. The van der Waals surface area contributed by atoms with Crippen LogP contribution in [0.25, 0.3) is 0 Å². The van der Waals surface area contributed by atoms with Crippen LogP contribution in [-0.2, 0) is 4.74 Å². The lowest BCUT2D eigenvalue weighted by atomic mass is 10.3. The van der Waals surface area contributed by atoms with Crippen molar-refractivity contribution < 1.29 is 24.1 Å². The highest BCUT2D eigenvalue weighted by molar-refractivity contribution is 5.69. The van der Waals surface area contributed by atoms with Crippen LogP contribution in [0.1, 0.15) is 6.42 Å². The maximum atomic E-state index is 11.5. The summed E-state index contributed by atoms with van der Waals surface area (Å²) in [5, 5.41) is 8.76. The molecule has 0 radical (unpaired) electrons. The number of aliphatic hydroxyl groups is 1. The Labute approximate surface area is 117 Å². The average molecular weight is 281 g/mol. The van der Waals surface area contributed by atoms with Crippen molar-refractivity contribution in [2.45, 2.75) is 12.5 Å². The van der Waals surface area contributed by atoms with E-state index in [9.17, 15) is 4.79 Å². The summed E-state index contributed by atoms with van der Waals surface area (Å²) >= 11 is 0. The molecule has 0 aromatic heterocycles. The molecule has 1 fully saturated rings. The van der Waals surface area contributed by atoms with Crippen LogP contribution < -0.4 is 9.47 Å². The first-order chi connectivity index (χ1) is 9.72. The number of ether oxygens (including phenoxy) is 3. The fraction of sp³-hybridized carbons (Fsp3) is 0.500. The molecule has 1 N–H and O–H groups in total. The first-order valence-corrected chi connectivity index (χ1v) is 6.56. The third-order valence-corrected chi connectivity index (χ3v) is 3.03. The Morgan fingerprint density at radius 3 is 2.70 bits per heavy atom. The molecule has 6 nitrogen and oxygen atoms in total. The van der Waals surface area contributed by atoms with Crippen molar-refractivity contribution in [2.75, 3.05) is 33.4 Å². The lowest BCUT2D eigenvalue weighted by Gasteiger charge is -2.12. The Kier molecular flexibility index (Phi) is 5.06. The monoisotopic (exact) mass is 281 g/mol. The predicted molar refractivity (Wildman–Crippen MR) is 72.0 cm³/mol. The SMILES string of the molecule is COc1ccc(OCC2CN(CCCO)C(=O)O2)cc1. The number of nitrogens with zero attached hydrogens (tertiary/aromatic N) is 1. The number of carbonyl (C=O) groups is 1. The zero-order chi connectivity index (χ0) is 14.4. The normalized spacial score (nSPS) is 18.0. The molecule has 1 unspecified atom stereocenters. The van der Waals surface area contributed by atoms with E-state index in [1.807, 2.05) is 12.1 Å². The van der Waals surface area contributed by atoms with Gasteiger partial charge >= 0.3 is 6.09 Å². The van der Waals surface area contributed by atoms with Crippen LogP contribution >= 0.6 is 0 Å². The zero-order valence-electron chi connectivity index (χ0n) is 11.4. The molecule has 1 heterocycles. The lowest BCUT2D eigenvalue weighted by Crippen LogP contribution is -2.28. The van der Waals surface area contributed by atoms with E-state index < -0.39 is 0 Å². The van der Waals surface area contributed by atoms with Crippen LogP contribution in [-0.4, -0.2) is 55.6 Å². The van der Waals surface area contributed by atoms with Gasteiger partial charge in [-0.05, 0) is 30.7 Å². The third kappa shape index (κ3) is 3.77. The van der Waals surface area contributed by atoms with Gasteiger partial charge < -0.3 is 24.2 Å². The van der Waals surface area contributed by atoms with E-state index in [4.69, 9.17) is 19.3 Å². The van der Waals surface area contributed by atoms with E-state index in [1.165, 1.54) is 0 Å². The molecule has 0 spiro atoms. The Morgan fingerprint density at radius 1 is 1.35 bits per heavy atom. The van der Waals surface area contributed by atoms with E-state index in [-0.39, 0.29) is 18.8 Å². The van der Waals surface area contributed by atoms with Gasteiger partial charge in [0.05, 0.1) is 13.7 Å². The lowest BCUT2D eigenvalue weighted by molar-refractivity contribution is 0.102. The first-order valence-electron chi connectivity index (χ1n) is 6.56. The van der Waals surface area contributed by atoms with Gasteiger partial charge in [0.15, 0.2) is 6.10 Å². The summed E-state index contributed by atoms with van der Waals surface area (Å²) in [5.41, 5.74) is 0. The molecule has 1 aliphatic heterocycles. The van der Waals surface area contributed by atoms with Gasteiger partial charge in [0, 0.05) is 13.2 Å². The molecule has 1 aromatic rings. The summed E-state index contributed by atoms with van der Waals surface area (Å²) < 4.78 is 15.8. The van der Waals surface area contributed by atoms with Crippen LogP contribution in [0.3, 0.4) is 0 Å². The maximum absolute atomic E-state index is 11.5. The molecular weight excluding hydrogens is 262 g/mol. The minimum atomic E-state index is -0.346. The smallest absolute Gasteiger partial charge is 0.410 e. The molecule has 0 aliphatic carbocycles. The maximum Gasteiger partial charge on any atom is 0.410 e. The Morgan fingerprint density at radius 2 is 2.05 bits per heavy atom. The van der Waals surface area contributed by atoms with Crippen LogP contribution in [0.4, 0.5) is 4.79 Å². The zero-order valence-corrected chi connectivity index (χ0v) is 11.4. The molecule has 0 saturated carbocycles. The van der Waals surface area contributed by atoms with Gasteiger partial charge in [0.1, 0.15) is 18.1 Å². The Bertz CT molecular complexity index is 434. The highest BCUT2D eigenvalue weighted by atomic mass is 16.6. The molecule has 110 valence electrons. The second kappa shape index (κ2) is 7.00. The van der Waals surface area contributed by atoms with Crippen molar-refractivity contribution >= 4 is 6.09 Å². The highest BCUT2D eigenvalue weighted by Gasteiger charge is 2.31.